The van der Waals surface area contributed by atoms with E-state index in [1.54, 1.807) is 12.1 Å². The van der Waals surface area contributed by atoms with Crippen molar-refractivity contribution in [2.75, 3.05) is 4.72 Å². The molecule has 0 fully saturated rings. The van der Waals surface area contributed by atoms with Crippen molar-refractivity contribution in [1.82, 2.24) is 0 Å². The van der Waals surface area contributed by atoms with Crippen molar-refractivity contribution in [2.24, 2.45) is 5.73 Å². The summed E-state index contributed by atoms with van der Waals surface area (Å²) in [7, 11) is -3.66. The van der Waals surface area contributed by atoms with Crippen molar-refractivity contribution in [2.45, 2.75) is 31.1 Å². The third kappa shape index (κ3) is 4.10. The fraction of sp³-hybridized carbons (Fsp3) is 0.235. The Bertz CT molecular complexity index is 782. The Balaban J connectivity index is 2.19. The number of nitrogens with one attached hydrogen (secondary N) is 1. The highest BCUT2D eigenvalue weighted by molar-refractivity contribution is 7.92. The lowest BCUT2D eigenvalue weighted by Gasteiger charge is -2.11. The van der Waals surface area contributed by atoms with Crippen LogP contribution in [0, 0.1) is 0 Å². The first-order chi connectivity index (χ1) is 10.8. The first-order valence-corrected chi connectivity index (χ1v) is 8.84. The highest BCUT2D eigenvalue weighted by Crippen LogP contribution is 2.22. The van der Waals surface area contributed by atoms with Gasteiger partial charge in [0, 0.05) is 11.3 Å². The molecule has 0 spiro atoms. The minimum absolute atomic E-state index is 0.198. The second-order valence-corrected chi connectivity index (χ2v) is 7.11. The zero-order chi connectivity index (χ0) is 17.0. The minimum atomic E-state index is -3.66. The molecule has 23 heavy (non-hydrogen) atoms. The predicted molar refractivity (Wildman–Crippen MR) is 90.9 cm³/mol. The third-order valence-corrected chi connectivity index (χ3v) is 5.19. The van der Waals surface area contributed by atoms with E-state index in [1.165, 1.54) is 24.3 Å². The summed E-state index contributed by atoms with van der Waals surface area (Å²) in [5, 5.41) is 0. The number of carbonyl (C=O) groups excluding carboxylic acids is 1. The first-order valence-electron chi connectivity index (χ1n) is 7.36. The molecule has 6 heteroatoms. The molecule has 122 valence electrons. The first kappa shape index (κ1) is 17.0. The van der Waals surface area contributed by atoms with E-state index in [2.05, 4.69) is 18.6 Å². The molecule has 5 nitrogen and oxygen atoms in total. The molecule has 0 aliphatic carbocycles. The highest BCUT2D eigenvalue weighted by atomic mass is 32.2. The number of nitrogens with two attached hydrogens (primary N) is 1. The van der Waals surface area contributed by atoms with Crippen molar-refractivity contribution in [3.63, 3.8) is 0 Å². The molecule has 0 saturated carbocycles. The molecule has 2 aromatic rings. The molecular formula is C17H20N2O3S. The van der Waals surface area contributed by atoms with Crippen LogP contribution in [0.25, 0.3) is 0 Å². The third-order valence-electron chi connectivity index (χ3n) is 3.79. The van der Waals surface area contributed by atoms with Crippen LogP contribution in [0.15, 0.2) is 53.4 Å². The Hall–Kier alpha value is -2.34. The van der Waals surface area contributed by atoms with Crippen molar-refractivity contribution in [3.05, 3.63) is 59.7 Å². The minimum Gasteiger partial charge on any atom is -0.366 e. The van der Waals surface area contributed by atoms with E-state index in [1.807, 2.05) is 12.1 Å². The second-order valence-electron chi connectivity index (χ2n) is 5.43. The van der Waals surface area contributed by atoms with E-state index in [4.69, 9.17) is 5.73 Å². The Morgan fingerprint density at radius 3 is 2.13 bits per heavy atom. The van der Waals surface area contributed by atoms with Gasteiger partial charge in [-0.1, -0.05) is 26.0 Å². The van der Waals surface area contributed by atoms with Gasteiger partial charge in [0.25, 0.3) is 10.0 Å². The van der Waals surface area contributed by atoms with Crippen molar-refractivity contribution >= 4 is 21.6 Å². The van der Waals surface area contributed by atoms with Crippen molar-refractivity contribution in [1.29, 1.82) is 0 Å². The van der Waals surface area contributed by atoms with Gasteiger partial charge in [-0.15, -0.1) is 0 Å². The van der Waals surface area contributed by atoms with Crippen LogP contribution in [-0.2, 0) is 10.0 Å². The van der Waals surface area contributed by atoms with E-state index in [-0.39, 0.29) is 4.90 Å². The number of carbonyl (C=O) groups is 1. The molecule has 0 unspecified atom stereocenters. The van der Waals surface area contributed by atoms with Gasteiger partial charge in [-0.2, -0.15) is 0 Å². The van der Waals surface area contributed by atoms with Crippen LogP contribution in [-0.4, -0.2) is 14.3 Å². The van der Waals surface area contributed by atoms with E-state index in [0.29, 0.717) is 17.2 Å². The molecule has 0 aliphatic rings. The topological polar surface area (TPSA) is 89.3 Å². The number of sulfonamides is 1. The van der Waals surface area contributed by atoms with Gasteiger partial charge >= 0.3 is 0 Å². The average molecular weight is 332 g/mol. The molecule has 1 atom stereocenters. The lowest BCUT2D eigenvalue weighted by atomic mass is 9.99. The summed E-state index contributed by atoms with van der Waals surface area (Å²) in [4.78, 5) is 11.2. The largest absolute Gasteiger partial charge is 0.366 e. The summed E-state index contributed by atoms with van der Waals surface area (Å²) in [6.07, 6.45) is 0.997. The number of hydrogen-bond donors (Lipinski definition) is 2. The van der Waals surface area contributed by atoms with Crippen LogP contribution in [0.1, 0.15) is 42.1 Å². The Labute approximate surface area is 136 Å². The quantitative estimate of drug-likeness (QED) is 0.852. The number of amides is 1. The van der Waals surface area contributed by atoms with Crippen molar-refractivity contribution in [3.8, 4) is 0 Å². The standard InChI is InChI=1S/C17H20N2O3S/c1-3-12(2)13-6-10-16(11-7-13)23(21,22)19-15-8-4-14(5-9-15)17(18)20/h4-12,19H,3H2,1-2H3,(H2,18,20)/t12-/m1/s1. The number of primary amides is 1. The number of hydrogen-bond acceptors (Lipinski definition) is 3. The van der Waals surface area contributed by atoms with Gasteiger partial charge in [0.2, 0.25) is 5.91 Å². The van der Waals surface area contributed by atoms with Gasteiger partial charge < -0.3 is 5.73 Å². The zero-order valence-corrected chi connectivity index (χ0v) is 13.9. The molecule has 1 amide bonds. The lowest BCUT2D eigenvalue weighted by Crippen LogP contribution is -2.14. The second kappa shape index (κ2) is 6.83. The number of rotatable bonds is 6. The van der Waals surface area contributed by atoms with Crippen LogP contribution < -0.4 is 10.5 Å². The Morgan fingerprint density at radius 1 is 1.09 bits per heavy atom. The van der Waals surface area contributed by atoms with Gasteiger partial charge in [-0.25, -0.2) is 8.42 Å². The monoisotopic (exact) mass is 332 g/mol. The molecule has 0 aromatic heterocycles. The molecule has 3 N–H and O–H groups in total. The van der Waals surface area contributed by atoms with Gasteiger partial charge in [0.1, 0.15) is 0 Å². The summed E-state index contributed by atoms with van der Waals surface area (Å²) in [5.74, 6) is -0.166. The van der Waals surface area contributed by atoms with Crippen LogP contribution in [0.4, 0.5) is 5.69 Å². The van der Waals surface area contributed by atoms with Gasteiger partial charge in [-0.05, 0) is 54.3 Å². The molecule has 0 saturated heterocycles. The SMILES string of the molecule is CC[C@@H](C)c1ccc(S(=O)(=O)Nc2ccc(C(N)=O)cc2)cc1. The Morgan fingerprint density at radius 2 is 1.65 bits per heavy atom. The molecule has 2 rings (SSSR count). The van der Waals surface area contributed by atoms with Crippen LogP contribution >= 0.6 is 0 Å². The van der Waals surface area contributed by atoms with E-state index in [9.17, 15) is 13.2 Å². The summed E-state index contributed by atoms with van der Waals surface area (Å²) in [6.45, 7) is 4.19. The maximum Gasteiger partial charge on any atom is 0.261 e. The van der Waals surface area contributed by atoms with E-state index >= 15 is 0 Å². The van der Waals surface area contributed by atoms with Crippen molar-refractivity contribution < 1.29 is 13.2 Å². The summed E-state index contributed by atoms with van der Waals surface area (Å²) in [5.41, 5.74) is 6.96. The van der Waals surface area contributed by atoms with Gasteiger partial charge in [-0.3, -0.25) is 9.52 Å². The normalized spacial score (nSPS) is 12.6. The fourth-order valence-corrected chi connectivity index (χ4v) is 3.19. The molecule has 0 aliphatic heterocycles. The number of anilines is 1. The van der Waals surface area contributed by atoms with Gasteiger partial charge in [0.05, 0.1) is 4.90 Å². The van der Waals surface area contributed by atoms with Crippen LogP contribution in [0.5, 0.6) is 0 Å². The molecule has 2 aromatic carbocycles. The smallest absolute Gasteiger partial charge is 0.261 e. The van der Waals surface area contributed by atoms with Crippen LogP contribution in [0.2, 0.25) is 0 Å². The van der Waals surface area contributed by atoms with E-state index in [0.717, 1.165) is 12.0 Å². The Kier molecular flexibility index (Phi) is 5.05. The van der Waals surface area contributed by atoms with Crippen LogP contribution in [0.3, 0.4) is 0 Å². The fourth-order valence-electron chi connectivity index (χ4n) is 2.13. The summed E-state index contributed by atoms with van der Waals surface area (Å²) >= 11 is 0. The van der Waals surface area contributed by atoms with E-state index < -0.39 is 15.9 Å². The maximum atomic E-state index is 12.4. The highest BCUT2D eigenvalue weighted by Gasteiger charge is 2.15. The average Bonchev–Trinajstić information content (AvgIpc) is 2.54. The summed E-state index contributed by atoms with van der Waals surface area (Å²) in [6, 6.07) is 12.8. The lowest BCUT2D eigenvalue weighted by molar-refractivity contribution is 0.100. The molecule has 0 bridgehead atoms. The molecule has 0 radical (unpaired) electrons. The molecular weight excluding hydrogens is 312 g/mol. The van der Waals surface area contributed by atoms with Gasteiger partial charge in [0.15, 0.2) is 0 Å². The maximum absolute atomic E-state index is 12.4. The number of benzene rings is 2. The summed E-state index contributed by atoms with van der Waals surface area (Å²) < 4.78 is 27.2. The molecule has 0 heterocycles. The zero-order valence-electron chi connectivity index (χ0n) is 13.1. The predicted octanol–water partition coefficient (Wildman–Crippen LogP) is 3.10.